The number of alkyl carbamates (subject to hydrolysis) is 1. The molecule has 1 aliphatic rings. The van der Waals surface area contributed by atoms with Gasteiger partial charge in [0.1, 0.15) is 6.04 Å². The quantitative estimate of drug-likeness (QED) is 0.551. The van der Waals surface area contributed by atoms with E-state index >= 15 is 0 Å². The lowest BCUT2D eigenvalue weighted by Crippen LogP contribution is -2.70. The fraction of sp³-hybridized carbons (Fsp3) is 0.538. The van der Waals surface area contributed by atoms with E-state index in [0.717, 1.165) is 11.0 Å². The highest BCUT2D eigenvalue weighted by molar-refractivity contribution is 6.09. The number of amides is 3. The van der Waals surface area contributed by atoms with E-state index in [4.69, 9.17) is 9.84 Å². The number of carboxylic acids is 1. The highest BCUT2D eigenvalue weighted by Gasteiger charge is 2.48. The molecule has 0 aliphatic carbocycles. The van der Waals surface area contributed by atoms with Crippen LogP contribution in [0.3, 0.4) is 0 Å². The molecule has 1 heterocycles. The van der Waals surface area contributed by atoms with E-state index in [9.17, 15) is 19.2 Å². The Morgan fingerprint density at radius 3 is 2.48 bits per heavy atom. The molecular formula is C13H18N2O6. The van der Waals surface area contributed by atoms with Crippen LogP contribution in [0.5, 0.6) is 0 Å². The van der Waals surface area contributed by atoms with Crippen molar-refractivity contribution in [3.63, 3.8) is 0 Å². The van der Waals surface area contributed by atoms with Crippen LogP contribution in [-0.2, 0) is 19.1 Å². The molecule has 0 aromatic carbocycles. The zero-order chi connectivity index (χ0) is 16.2. The molecule has 1 fully saturated rings. The summed E-state index contributed by atoms with van der Waals surface area (Å²) in [6.45, 7) is 5.55. The predicted octanol–water partition coefficient (Wildman–Crippen LogP) is 0.135. The van der Waals surface area contributed by atoms with E-state index in [1.165, 1.54) is 0 Å². The molecule has 1 aliphatic heterocycles. The number of rotatable bonds is 5. The third-order valence-corrected chi connectivity index (χ3v) is 2.82. The molecule has 0 spiro atoms. The Kier molecular flexibility index (Phi) is 5.45. The highest BCUT2D eigenvalue weighted by atomic mass is 16.5. The van der Waals surface area contributed by atoms with Crippen molar-refractivity contribution in [2.24, 2.45) is 5.92 Å². The largest absolute Gasteiger partial charge is 0.478 e. The van der Waals surface area contributed by atoms with Gasteiger partial charge >= 0.3 is 12.1 Å². The Morgan fingerprint density at radius 1 is 1.38 bits per heavy atom. The van der Waals surface area contributed by atoms with Gasteiger partial charge in [-0.25, -0.2) is 9.59 Å². The lowest BCUT2D eigenvalue weighted by Gasteiger charge is -2.42. The zero-order valence-corrected chi connectivity index (χ0v) is 12.0. The summed E-state index contributed by atoms with van der Waals surface area (Å²) in [6.07, 6.45) is 0.728. The van der Waals surface area contributed by atoms with Gasteiger partial charge in [-0.1, -0.05) is 13.8 Å². The first-order chi connectivity index (χ1) is 9.73. The number of nitrogens with one attached hydrogen (secondary N) is 1. The summed E-state index contributed by atoms with van der Waals surface area (Å²) in [6, 6.07) is -1.40. The standard InChI is InChI=1S/C13H18N2O6/c1-7(2)6-21-13(20)14-11-8(3)15(12(11)19)9(16)4-5-10(17)18/h4-5,7-8,11H,6H2,1-3H3,(H,14,20)(H,17,18)/t8-,11-/m0/s1. The Bertz CT molecular complexity index is 485. The van der Waals surface area contributed by atoms with E-state index in [1.54, 1.807) is 6.92 Å². The first-order valence-electron chi connectivity index (χ1n) is 6.45. The average molecular weight is 298 g/mol. The van der Waals surface area contributed by atoms with Crippen molar-refractivity contribution in [1.82, 2.24) is 10.2 Å². The number of hydrogen-bond donors (Lipinski definition) is 2. The molecule has 2 atom stereocenters. The zero-order valence-electron chi connectivity index (χ0n) is 12.0. The second kappa shape index (κ2) is 6.87. The Labute approximate surface area is 121 Å². The van der Waals surface area contributed by atoms with Crippen LogP contribution >= 0.6 is 0 Å². The molecule has 3 amide bonds. The second-order valence-electron chi connectivity index (χ2n) is 5.07. The van der Waals surface area contributed by atoms with Gasteiger partial charge in [0.05, 0.1) is 12.6 Å². The van der Waals surface area contributed by atoms with Gasteiger partial charge in [-0.3, -0.25) is 14.5 Å². The number of carbonyl (C=O) groups is 4. The molecule has 0 saturated carbocycles. The van der Waals surface area contributed by atoms with Crippen molar-refractivity contribution >= 4 is 23.9 Å². The topological polar surface area (TPSA) is 113 Å². The van der Waals surface area contributed by atoms with Crippen LogP contribution in [0, 0.1) is 5.92 Å². The molecule has 8 nitrogen and oxygen atoms in total. The van der Waals surface area contributed by atoms with Gasteiger partial charge in [0.2, 0.25) is 0 Å². The summed E-state index contributed by atoms with van der Waals surface area (Å²) in [5.74, 6) is -2.44. The molecule has 0 radical (unpaired) electrons. The van der Waals surface area contributed by atoms with Crippen molar-refractivity contribution in [3.8, 4) is 0 Å². The van der Waals surface area contributed by atoms with Crippen molar-refractivity contribution in [2.75, 3.05) is 6.61 Å². The lowest BCUT2D eigenvalue weighted by atomic mass is 9.96. The molecule has 0 bridgehead atoms. The van der Waals surface area contributed by atoms with E-state index in [2.05, 4.69) is 5.32 Å². The summed E-state index contributed by atoms with van der Waals surface area (Å²) in [4.78, 5) is 46.0. The average Bonchev–Trinajstić information content (AvgIpc) is 2.40. The van der Waals surface area contributed by atoms with Gasteiger partial charge in [0.25, 0.3) is 11.8 Å². The van der Waals surface area contributed by atoms with Gasteiger partial charge in [-0.2, -0.15) is 0 Å². The van der Waals surface area contributed by atoms with Crippen LogP contribution in [0.15, 0.2) is 12.2 Å². The highest BCUT2D eigenvalue weighted by Crippen LogP contribution is 2.20. The van der Waals surface area contributed by atoms with Crippen molar-refractivity contribution in [2.45, 2.75) is 32.9 Å². The fourth-order valence-electron chi connectivity index (χ4n) is 1.75. The molecule has 0 aromatic heterocycles. The Hall–Kier alpha value is -2.38. The first kappa shape index (κ1) is 16.7. The molecule has 8 heteroatoms. The number of carboxylic acid groups (broad SMARTS) is 1. The summed E-state index contributed by atoms with van der Waals surface area (Å²) in [7, 11) is 0. The second-order valence-corrected chi connectivity index (χ2v) is 5.07. The van der Waals surface area contributed by atoms with Crippen molar-refractivity contribution < 1.29 is 29.0 Å². The number of imide groups is 1. The van der Waals surface area contributed by atoms with Crippen molar-refractivity contribution in [3.05, 3.63) is 12.2 Å². The SMILES string of the molecule is CC(C)COC(=O)N[C@@H]1C(=O)N(C(=O)C=CC(=O)O)[C@H]1C. The molecule has 1 rings (SSSR count). The smallest absolute Gasteiger partial charge is 0.407 e. The van der Waals surface area contributed by atoms with E-state index in [0.29, 0.717) is 6.08 Å². The number of carbonyl (C=O) groups excluding carboxylic acids is 3. The monoisotopic (exact) mass is 298 g/mol. The number of likely N-dealkylation sites (tertiary alicyclic amines) is 1. The molecule has 0 aromatic rings. The van der Waals surface area contributed by atoms with E-state index in [1.807, 2.05) is 13.8 Å². The minimum Gasteiger partial charge on any atom is -0.478 e. The molecule has 1 saturated heterocycles. The molecular weight excluding hydrogens is 280 g/mol. The van der Waals surface area contributed by atoms with Crippen LogP contribution in [0.2, 0.25) is 0 Å². The van der Waals surface area contributed by atoms with Gasteiger partial charge in [0.15, 0.2) is 0 Å². The maximum absolute atomic E-state index is 11.8. The molecule has 0 unspecified atom stereocenters. The van der Waals surface area contributed by atoms with Crippen LogP contribution in [0.1, 0.15) is 20.8 Å². The normalized spacial score (nSPS) is 21.3. The van der Waals surface area contributed by atoms with Gasteiger partial charge in [-0.15, -0.1) is 0 Å². The summed E-state index contributed by atoms with van der Waals surface area (Å²) < 4.78 is 4.88. The van der Waals surface area contributed by atoms with E-state index < -0.39 is 36.0 Å². The predicted molar refractivity (Wildman–Crippen MR) is 71.2 cm³/mol. The van der Waals surface area contributed by atoms with Gasteiger partial charge in [0, 0.05) is 12.2 Å². The lowest BCUT2D eigenvalue weighted by molar-refractivity contribution is -0.158. The number of aliphatic carboxylic acids is 1. The summed E-state index contributed by atoms with van der Waals surface area (Å²) in [5.41, 5.74) is 0. The summed E-state index contributed by atoms with van der Waals surface area (Å²) in [5, 5.41) is 10.8. The first-order valence-corrected chi connectivity index (χ1v) is 6.45. The summed E-state index contributed by atoms with van der Waals surface area (Å²) >= 11 is 0. The van der Waals surface area contributed by atoms with Gasteiger partial charge in [-0.05, 0) is 12.8 Å². The maximum atomic E-state index is 11.8. The third-order valence-electron chi connectivity index (χ3n) is 2.82. The minimum atomic E-state index is -1.28. The van der Waals surface area contributed by atoms with Crippen molar-refractivity contribution in [1.29, 1.82) is 0 Å². The molecule has 2 N–H and O–H groups in total. The maximum Gasteiger partial charge on any atom is 0.407 e. The van der Waals surface area contributed by atoms with Gasteiger partial charge < -0.3 is 15.2 Å². The molecule has 116 valence electrons. The number of β-lactam (4-membered cyclic amide) rings is 1. The Morgan fingerprint density at radius 2 is 2.00 bits per heavy atom. The Balaban J connectivity index is 2.52. The van der Waals surface area contributed by atoms with Crippen LogP contribution < -0.4 is 5.32 Å². The van der Waals surface area contributed by atoms with Crippen LogP contribution in [-0.4, -0.2) is 52.6 Å². The fourth-order valence-corrected chi connectivity index (χ4v) is 1.75. The number of hydrogen-bond acceptors (Lipinski definition) is 5. The van der Waals surface area contributed by atoms with Crippen LogP contribution in [0.4, 0.5) is 4.79 Å². The number of nitrogens with zero attached hydrogens (tertiary/aromatic N) is 1. The van der Waals surface area contributed by atoms with Crippen LogP contribution in [0.25, 0.3) is 0 Å². The van der Waals surface area contributed by atoms with E-state index in [-0.39, 0.29) is 12.5 Å². The molecule has 21 heavy (non-hydrogen) atoms. The third kappa shape index (κ3) is 4.30. The number of ether oxygens (including phenoxy) is 1. The minimum absolute atomic E-state index is 0.171.